The van der Waals surface area contributed by atoms with Crippen LogP contribution < -0.4 is 0 Å². The zero-order valence-corrected chi connectivity index (χ0v) is 11.2. The molecule has 0 aromatic heterocycles. The van der Waals surface area contributed by atoms with Gasteiger partial charge in [-0.25, -0.2) is 4.79 Å². The summed E-state index contributed by atoms with van der Waals surface area (Å²) in [6.07, 6.45) is 4.64. The SMILES string of the molecule is O=C(S)OC1=CC2C(=O)c3ccccc3C(=O)C2C=C1. The maximum absolute atomic E-state index is 12.4. The minimum Gasteiger partial charge on any atom is -0.419 e. The largest absolute Gasteiger partial charge is 0.419 e. The highest BCUT2D eigenvalue weighted by Gasteiger charge is 2.40. The number of allylic oxidation sites excluding steroid dienone is 3. The van der Waals surface area contributed by atoms with Crippen LogP contribution in [0, 0.1) is 11.8 Å². The van der Waals surface area contributed by atoms with Gasteiger partial charge in [-0.05, 0) is 12.2 Å². The number of carbonyl (C=O) groups is 3. The van der Waals surface area contributed by atoms with Crippen LogP contribution in [0.2, 0.25) is 0 Å². The van der Waals surface area contributed by atoms with Gasteiger partial charge in [0, 0.05) is 11.1 Å². The van der Waals surface area contributed by atoms with E-state index in [-0.39, 0.29) is 17.3 Å². The Morgan fingerprint density at radius 3 is 2.25 bits per heavy atom. The molecule has 1 aromatic rings. The first kappa shape index (κ1) is 12.9. The summed E-state index contributed by atoms with van der Waals surface area (Å²) in [5.74, 6) is -1.13. The third-order valence-corrected chi connectivity index (χ3v) is 3.56. The van der Waals surface area contributed by atoms with Gasteiger partial charge in [-0.3, -0.25) is 9.59 Å². The van der Waals surface area contributed by atoms with E-state index in [1.165, 1.54) is 12.2 Å². The van der Waals surface area contributed by atoms with E-state index in [9.17, 15) is 14.4 Å². The van der Waals surface area contributed by atoms with E-state index in [2.05, 4.69) is 12.6 Å². The predicted molar refractivity (Wildman–Crippen MR) is 74.8 cm³/mol. The molecule has 0 aliphatic heterocycles. The summed E-state index contributed by atoms with van der Waals surface area (Å²) in [6.45, 7) is 0. The predicted octanol–water partition coefficient (Wildman–Crippen LogP) is 2.82. The lowest BCUT2D eigenvalue weighted by Gasteiger charge is -2.29. The summed E-state index contributed by atoms with van der Waals surface area (Å²) in [7, 11) is 0. The second-order valence-corrected chi connectivity index (χ2v) is 4.99. The number of rotatable bonds is 1. The van der Waals surface area contributed by atoms with Crippen molar-refractivity contribution in [3.63, 3.8) is 0 Å². The molecule has 5 heteroatoms. The van der Waals surface area contributed by atoms with Crippen LogP contribution in [-0.2, 0) is 4.74 Å². The Kier molecular flexibility index (Phi) is 3.06. The van der Waals surface area contributed by atoms with Gasteiger partial charge in [0.05, 0.1) is 11.8 Å². The molecule has 1 aromatic carbocycles. The van der Waals surface area contributed by atoms with Crippen LogP contribution in [0.5, 0.6) is 0 Å². The zero-order chi connectivity index (χ0) is 14.3. The van der Waals surface area contributed by atoms with Crippen LogP contribution in [0.15, 0.2) is 48.3 Å². The topological polar surface area (TPSA) is 60.4 Å². The van der Waals surface area contributed by atoms with Crippen molar-refractivity contribution < 1.29 is 19.1 Å². The van der Waals surface area contributed by atoms with Gasteiger partial charge in [-0.1, -0.05) is 43.0 Å². The first-order valence-corrected chi connectivity index (χ1v) is 6.51. The van der Waals surface area contributed by atoms with Crippen molar-refractivity contribution >= 4 is 29.5 Å². The molecule has 100 valence electrons. The Balaban J connectivity index is 2.04. The number of Topliss-reactive ketones (excluding diaryl/α,β-unsaturated/α-hetero) is 2. The van der Waals surface area contributed by atoms with E-state index >= 15 is 0 Å². The molecular weight excluding hydrogens is 276 g/mol. The molecule has 2 aliphatic rings. The Hall–Kier alpha value is -2.14. The number of fused-ring (bicyclic) bond motifs is 2. The molecule has 2 atom stereocenters. The van der Waals surface area contributed by atoms with Gasteiger partial charge >= 0.3 is 5.30 Å². The number of thiol groups is 1. The van der Waals surface area contributed by atoms with Gasteiger partial charge in [-0.2, -0.15) is 0 Å². The highest BCUT2D eigenvalue weighted by Crippen LogP contribution is 2.35. The van der Waals surface area contributed by atoms with Crippen LogP contribution in [-0.4, -0.2) is 16.9 Å². The molecule has 2 aliphatic carbocycles. The molecule has 0 N–H and O–H groups in total. The Morgan fingerprint density at radius 1 is 1.05 bits per heavy atom. The average molecular weight is 286 g/mol. The van der Waals surface area contributed by atoms with Crippen LogP contribution in [0.3, 0.4) is 0 Å². The second-order valence-electron chi connectivity index (χ2n) is 4.62. The first-order valence-electron chi connectivity index (χ1n) is 6.06. The minimum atomic E-state index is -0.755. The lowest BCUT2D eigenvalue weighted by molar-refractivity contribution is 0.0798. The molecule has 2 unspecified atom stereocenters. The Morgan fingerprint density at radius 2 is 1.65 bits per heavy atom. The Labute approximate surface area is 120 Å². The monoisotopic (exact) mass is 286 g/mol. The molecule has 0 heterocycles. The standard InChI is InChI=1S/C15H10O4S/c16-13-9-3-1-2-4-10(9)14(17)12-7-8(19-15(18)20)5-6-11(12)13/h1-7,11-12H,(H,18,20). The smallest absolute Gasteiger partial charge is 0.369 e. The van der Waals surface area contributed by atoms with Crippen LogP contribution in [0.4, 0.5) is 4.79 Å². The van der Waals surface area contributed by atoms with Crippen LogP contribution in [0.25, 0.3) is 0 Å². The quantitative estimate of drug-likeness (QED) is 0.637. The molecule has 0 amide bonds. The lowest BCUT2D eigenvalue weighted by Crippen LogP contribution is -2.35. The lowest BCUT2D eigenvalue weighted by atomic mass is 9.72. The van der Waals surface area contributed by atoms with Gasteiger partial charge < -0.3 is 4.74 Å². The van der Waals surface area contributed by atoms with E-state index in [0.717, 1.165) is 0 Å². The van der Waals surface area contributed by atoms with Gasteiger partial charge in [0.2, 0.25) is 0 Å². The van der Waals surface area contributed by atoms with Gasteiger partial charge in [0.15, 0.2) is 11.6 Å². The van der Waals surface area contributed by atoms with Crippen LogP contribution in [0.1, 0.15) is 20.7 Å². The number of carbonyl (C=O) groups excluding carboxylic acids is 3. The maximum atomic E-state index is 12.4. The number of benzene rings is 1. The molecule has 4 nitrogen and oxygen atoms in total. The molecule has 0 saturated carbocycles. The molecular formula is C15H10O4S. The van der Waals surface area contributed by atoms with E-state index < -0.39 is 17.1 Å². The molecule has 0 saturated heterocycles. The highest BCUT2D eigenvalue weighted by molar-refractivity contribution is 7.96. The summed E-state index contributed by atoms with van der Waals surface area (Å²) in [5.41, 5.74) is 0.869. The fourth-order valence-electron chi connectivity index (χ4n) is 2.58. The van der Waals surface area contributed by atoms with Gasteiger partial charge in [-0.15, -0.1) is 0 Å². The second kappa shape index (κ2) is 4.76. The Bertz CT molecular complexity index is 687. The minimum absolute atomic E-state index is 0.0889. The number of hydrogen-bond acceptors (Lipinski definition) is 4. The molecule has 3 rings (SSSR count). The summed E-state index contributed by atoms with van der Waals surface area (Å²) in [6, 6.07) is 6.76. The number of ether oxygens (including phenoxy) is 1. The molecule has 20 heavy (non-hydrogen) atoms. The fraction of sp³-hybridized carbons (Fsp3) is 0.133. The normalized spacial score (nSPS) is 23.8. The fourth-order valence-corrected chi connectivity index (χ4v) is 2.69. The number of ketones is 2. The zero-order valence-electron chi connectivity index (χ0n) is 10.3. The highest BCUT2D eigenvalue weighted by atomic mass is 32.1. The van der Waals surface area contributed by atoms with E-state index in [0.29, 0.717) is 11.1 Å². The molecule has 0 radical (unpaired) electrons. The summed E-state index contributed by atoms with van der Waals surface area (Å²) < 4.78 is 4.85. The van der Waals surface area contributed by atoms with Crippen molar-refractivity contribution in [3.8, 4) is 0 Å². The van der Waals surface area contributed by atoms with Crippen molar-refractivity contribution in [1.82, 2.24) is 0 Å². The van der Waals surface area contributed by atoms with Crippen molar-refractivity contribution in [3.05, 3.63) is 59.4 Å². The van der Waals surface area contributed by atoms with Gasteiger partial charge in [0.1, 0.15) is 5.76 Å². The van der Waals surface area contributed by atoms with E-state index in [4.69, 9.17) is 4.74 Å². The molecule has 0 spiro atoms. The number of hydrogen-bond donors (Lipinski definition) is 1. The third-order valence-electron chi connectivity index (χ3n) is 3.47. The average Bonchev–Trinajstić information content (AvgIpc) is 2.44. The van der Waals surface area contributed by atoms with Crippen molar-refractivity contribution in [2.45, 2.75) is 0 Å². The summed E-state index contributed by atoms with van der Waals surface area (Å²) >= 11 is 3.52. The van der Waals surface area contributed by atoms with E-state index in [1.54, 1.807) is 30.3 Å². The van der Waals surface area contributed by atoms with E-state index in [1.807, 2.05) is 0 Å². The summed E-state index contributed by atoms with van der Waals surface area (Å²) in [5, 5.41) is -0.755. The molecule has 0 bridgehead atoms. The first-order chi connectivity index (χ1) is 9.58. The van der Waals surface area contributed by atoms with Crippen molar-refractivity contribution in [1.29, 1.82) is 0 Å². The van der Waals surface area contributed by atoms with Crippen LogP contribution >= 0.6 is 12.6 Å². The van der Waals surface area contributed by atoms with Crippen molar-refractivity contribution in [2.24, 2.45) is 11.8 Å². The van der Waals surface area contributed by atoms with Gasteiger partial charge in [0.25, 0.3) is 0 Å². The molecule has 0 fully saturated rings. The summed E-state index contributed by atoms with van der Waals surface area (Å²) in [4.78, 5) is 35.6. The third kappa shape index (κ3) is 2.00. The van der Waals surface area contributed by atoms with Crippen molar-refractivity contribution in [2.75, 3.05) is 0 Å². The maximum Gasteiger partial charge on any atom is 0.369 e.